The summed E-state index contributed by atoms with van der Waals surface area (Å²) in [4.78, 5) is 39.4. The van der Waals surface area contributed by atoms with E-state index in [1.165, 1.54) is 0 Å². The molecule has 150 valence electrons. The van der Waals surface area contributed by atoms with Crippen molar-refractivity contribution < 1.29 is 23.5 Å². The predicted molar refractivity (Wildman–Crippen MR) is 105 cm³/mol. The van der Waals surface area contributed by atoms with E-state index >= 15 is 0 Å². The lowest BCUT2D eigenvalue weighted by Crippen LogP contribution is -2.84. The van der Waals surface area contributed by atoms with Gasteiger partial charge in [-0.15, -0.1) is 0 Å². The predicted octanol–water partition coefficient (Wildman–Crippen LogP) is 2.53. The van der Waals surface area contributed by atoms with Crippen LogP contribution in [0.1, 0.15) is 31.7 Å². The second-order valence-electron chi connectivity index (χ2n) is 8.98. The van der Waals surface area contributed by atoms with E-state index in [1.807, 2.05) is 30.3 Å². The molecule has 7 heteroatoms. The zero-order valence-corrected chi connectivity index (χ0v) is 17.8. The van der Waals surface area contributed by atoms with Crippen LogP contribution in [0.3, 0.4) is 0 Å². The molecule has 1 aromatic carbocycles. The number of ether oxygens (including phenoxy) is 1. The number of ketones is 1. The highest BCUT2D eigenvalue weighted by Gasteiger charge is 2.92. The van der Waals surface area contributed by atoms with Gasteiger partial charge < -0.3 is 14.5 Å². The number of hydrogen-bond acceptors (Lipinski definition) is 5. The lowest BCUT2D eigenvalue weighted by Gasteiger charge is -2.68. The highest BCUT2D eigenvalue weighted by Crippen LogP contribution is 2.76. The molecular formula is C21H27NO5Si. The Labute approximate surface area is 166 Å². The lowest BCUT2D eigenvalue weighted by molar-refractivity contribution is -0.245. The van der Waals surface area contributed by atoms with Crippen LogP contribution in [-0.2, 0) is 29.1 Å². The minimum Gasteiger partial charge on any atom is -0.465 e. The fourth-order valence-corrected chi connectivity index (χ4v) is 7.55. The molecule has 1 heterocycles. The maximum Gasteiger partial charge on any atom is 0.323 e. The van der Waals surface area contributed by atoms with E-state index in [1.54, 1.807) is 6.92 Å². The van der Waals surface area contributed by atoms with Crippen molar-refractivity contribution in [3.8, 4) is 0 Å². The number of amides is 1. The molecule has 1 N–H and O–H groups in total. The van der Waals surface area contributed by atoms with Crippen LogP contribution in [0.5, 0.6) is 0 Å². The Hall–Kier alpha value is -1.99. The molecule has 0 bridgehead atoms. The third-order valence-electron chi connectivity index (χ3n) is 6.51. The molecule has 28 heavy (non-hydrogen) atoms. The monoisotopic (exact) mass is 401 g/mol. The van der Waals surface area contributed by atoms with Crippen LogP contribution < -0.4 is 5.32 Å². The summed E-state index contributed by atoms with van der Waals surface area (Å²) in [6.45, 7) is 8.16. The normalized spacial score (nSPS) is 36.4. The molecule has 2 aliphatic carbocycles. The Kier molecular flexibility index (Phi) is 4.14. The molecule has 4 rings (SSSR count). The fraction of sp³-hybridized carbons (Fsp3) is 0.571. The molecule has 0 spiro atoms. The fourth-order valence-electron chi connectivity index (χ4n) is 6.06. The van der Waals surface area contributed by atoms with Crippen molar-refractivity contribution in [2.24, 2.45) is 11.3 Å². The molecule has 1 aliphatic heterocycles. The molecule has 4 atom stereocenters. The Morgan fingerprint density at radius 3 is 2.50 bits per heavy atom. The Bertz CT molecular complexity index is 850. The second kappa shape index (κ2) is 6.00. The largest absolute Gasteiger partial charge is 0.465 e. The first kappa shape index (κ1) is 19.3. The summed E-state index contributed by atoms with van der Waals surface area (Å²) in [7, 11) is -2.07. The van der Waals surface area contributed by atoms with Gasteiger partial charge in [0.05, 0.1) is 12.2 Å². The van der Waals surface area contributed by atoms with Gasteiger partial charge in [0, 0.05) is 5.92 Å². The van der Waals surface area contributed by atoms with Gasteiger partial charge in [-0.3, -0.25) is 14.4 Å². The van der Waals surface area contributed by atoms with Gasteiger partial charge in [-0.1, -0.05) is 36.8 Å². The van der Waals surface area contributed by atoms with Gasteiger partial charge in [-0.25, -0.2) is 0 Å². The van der Waals surface area contributed by atoms with Crippen LogP contribution in [0.25, 0.3) is 0 Å². The van der Waals surface area contributed by atoms with Gasteiger partial charge in [0.1, 0.15) is 5.54 Å². The second-order valence-corrected chi connectivity index (χ2v) is 13.4. The number of nitrogens with one attached hydrogen (secondary N) is 1. The highest BCUT2D eigenvalue weighted by atomic mass is 28.4. The van der Waals surface area contributed by atoms with Crippen molar-refractivity contribution in [3.63, 3.8) is 0 Å². The summed E-state index contributed by atoms with van der Waals surface area (Å²) in [5, 5.41) is 2.96. The molecule has 1 saturated heterocycles. The number of hydrogen-bond donors (Lipinski definition) is 1. The summed E-state index contributed by atoms with van der Waals surface area (Å²) in [6, 6.07) is 9.34. The van der Waals surface area contributed by atoms with Crippen molar-refractivity contribution in [1.29, 1.82) is 0 Å². The van der Waals surface area contributed by atoms with Gasteiger partial charge in [-0.2, -0.15) is 0 Å². The van der Waals surface area contributed by atoms with Crippen LogP contribution in [0.15, 0.2) is 30.3 Å². The lowest BCUT2D eigenvalue weighted by atomic mass is 9.39. The maximum atomic E-state index is 13.3. The van der Waals surface area contributed by atoms with Crippen molar-refractivity contribution in [1.82, 2.24) is 5.32 Å². The number of Topliss-reactive ketones (excluding diaryl/α,β-unsaturated/α-hetero) is 1. The van der Waals surface area contributed by atoms with E-state index in [0.717, 1.165) is 12.0 Å². The Morgan fingerprint density at radius 1 is 1.21 bits per heavy atom. The smallest absolute Gasteiger partial charge is 0.323 e. The molecule has 1 amide bonds. The minimum atomic E-state index is -2.07. The SMILES string of the molecule is CCOC(=O)[C@@]12C(=O)C(=O)N[C@]1(c1ccccc1)[C@]1(O[Si](C)(C)C)CCC[C@H]21. The third-order valence-corrected chi connectivity index (χ3v) is 7.49. The molecule has 0 aromatic heterocycles. The first-order valence-corrected chi connectivity index (χ1v) is 13.4. The number of fused-ring (bicyclic) bond motifs is 4. The molecule has 0 unspecified atom stereocenters. The topological polar surface area (TPSA) is 81.7 Å². The Morgan fingerprint density at radius 2 is 1.89 bits per heavy atom. The Balaban J connectivity index is 2.02. The molecule has 0 radical (unpaired) electrons. The van der Waals surface area contributed by atoms with Gasteiger partial charge >= 0.3 is 5.97 Å². The van der Waals surface area contributed by atoms with Crippen LogP contribution in [0.2, 0.25) is 19.6 Å². The number of carbonyl (C=O) groups excluding carboxylic acids is 3. The van der Waals surface area contributed by atoms with E-state index < -0.39 is 42.5 Å². The number of benzene rings is 1. The van der Waals surface area contributed by atoms with Gasteiger partial charge in [0.2, 0.25) is 5.78 Å². The first-order valence-electron chi connectivity index (χ1n) is 9.97. The van der Waals surface area contributed by atoms with Gasteiger partial charge in [0.15, 0.2) is 13.7 Å². The number of carbonyl (C=O) groups is 3. The van der Waals surface area contributed by atoms with E-state index in [-0.39, 0.29) is 12.5 Å². The van der Waals surface area contributed by atoms with Crippen LogP contribution in [0, 0.1) is 11.3 Å². The molecule has 3 fully saturated rings. The van der Waals surface area contributed by atoms with E-state index in [4.69, 9.17) is 9.16 Å². The van der Waals surface area contributed by atoms with E-state index in [9.17, 15) is 14.4 Å². The zero-order chi connectivity index (χ0) is 20.4. The standard InChI is InChI=1S/C21H27NO5Si/c1-5-26-18(25)20-15-12-9-13-19(15,27-28(2,3)4)21(20,22-17(24)16(20)23)14-10-7-6-8-11-14/h6-8,10-11,15H,5,9,12-13H2,1-4H3,(H,22,24)/t15-,19-,20+,21+/m0/s1. The van der Waals surface area contributed by atoms with Crippen molar-refractivity contribution in [3.05, 3.63) is 35.9 Å². The molecule has 3 aliphatic rings. The van der Waals surface area contributed by atoms with E-state index in [2.05, 4.69) is 25.0 Å². The summed E-state index contributed by atoms with van der Waals surface area (Å²) < 4.78 is 12.2. The first-order chi connectivity index (χ1) is 13.2. The summed E-state index contributed by atoms with van der Waals surface area (Å²) in [5.41, 5.74) is -2.81. The van der Waals surface area contributed by atoms with Crippen molar-refractivity contribution >= 4 is 26.0 Å². The summed E-state index contributed by atoms with van der Waals surface area (Å²) in [5.74, 6) is -2.37. The summed E-state index contributed by atoms with van der Waals surface area (Å²) >= 11 is 0. The number of rotatable bonds is 5. The van der Waals surface area contributed by atoms with Crippen LogP contribution in [-0.4, -0.2) is 38.2 Å². The van der Waals surface area contributed by atoms with Crippen molar-refractivity contribution in [2.75, 3.05) is 6.61 Å². The molecule has 1 aromatic rings. The molecule has 2 saturated carbocycles. The maximum absolute atomic E-state index is 13.3. The van der Waals surface area contributed by atoms with Gasteiger partial charge in [0.25, 0.3) is 5.91 Å². The third kappa shape index (κ3) is 2.04. The van der Waals surface area contributed by atoms with Gasteiger partial charge in [-0.05, 0) is 45.0 Å². The van der Waals surface area contributed by atoms with Crippen LogP contribution >= 0.6 is 0 Å². The zero-order valence-electron chi connectivity index (χ0n) is 16.8. The summed E-state index contributed by atoms with van der Waals surface area (Å²) in [6.07, 6.45) is 2.21. The van der Waals surface area contributed by atoms with E-state index in [0.29, 0.717) is 12.8 Å². The molecular weight excluding hydrogens is 374 g/mol. The van der Waals surface area contributed by atoms with Crippen molar-refractivity contribution in [2.45, 2.75) is 57.0 Å². The molecule has 6 nitrogen and oxygen atoms in total. The average molecular weight is 402 g/mol. The minimum absolute atomic E-state index is 0.154. The highest BCUT2D eigenvalue weighted by molar-refractivity contribution is 6.70. The van der Waals surface area contributed by atoms with Crippen LogP contribution in [0.4, 0.5) is 0 Å². The average Bonchev–Trinajstić information content (AvgIpc) is 3.09. The number of esters is 1. The quantitative estimate of drug-likeness (QED) is 0.355.